The summed E-state index contributed by atoms with van der Waals surface area (Å²) in [7, 11) is 3.34. The Morgan fingerprint density at radius 3 is 2.95 bits per heavy atom. The van der Waals surface area contributed by atoms with Crippen molar-refractivity contribution in [3.8, 4) is 5.75 Å². The number of nitrogens with one attached hydrogen (secondary N) is 1. The normalized spacial score (nSPS) is 10.2. The van der Waals surface area contributed by atoms with Crippen LogP contribution in [0.3, 0.4) is 0 Å². The summed E-state index contributed by atoms with van der Waals surface area (Å²) in [6, 6.07) is 5.31. The van der Waals surface area contributed by atoms with Crippen LogP contribution in [0.25, 0.3) is 0 Å². The van der Waals surface area contributed by atoms with Crippen molar-refractivity contribution in [2.24, 2.45) is 7.05 Å². The number of methoxy groups -OCH3 is 1. The molecule has 0 bridgehead atoms. The van der Waals surface area contributed by atoms with Crippen LogP contribution in [0.2, 0.25) is 0 Å². The summed E-state index contributed by atoms with van der Waals surface area (Å²) in [4.78, 5) is 11.9. The molecule has 0 spiro atoms. The van der Waals surface area contributed by atoms with Crippen molar-refractivity contribution in [2.75, 3.05) is 12.8 Å². The predicted molar refractivity (Wildman–Crippen MR) is 71.8 cm³/mol. The Labute approximate surface area is 111 Å². The molecule has 1 aromatic heterocycles. The number of rotatable bonds is 4. The summed E-state index contributed by atoms with van der Waals surface area (Å²) in [6.07, 6.45) is 3.18. The first-order valence-corrected chi connectivity index (χ1v) is 5.79. The summed E-state index contributed by atoms with van der Waals surface area (Å²) in [6.45, 7) is 0.349. The topological polar surface area (TPSA) is 82.2 Å². The number of hydrogen-bond donors (Lipinski definition) is 2. The van der Waals surface area contributed by atoms with Crippen molar-refractivity contribution in [3.05, 3.63) is 41.7 Å². The molecule has 0 aliphatic carbocycles. The van der Waals surface area contributed by atoms with Crippen LogP contribution in [0.1, 0.15) is 15.9 Å². The third kappa shape index (κ3) is 3.04. The van der Waals surface area contributed by atoms with Gasteiger partial charge in [0.1, 0.15) is 5.75 Å². The number of aryl methyl sites for hydroxylation is 1. The monoisotopic (exact) mass is 260 g/mol. The fourth-order valence-corrected chi connectivity index (χ4v) is 1.75. The molecule has 0 saturated carbocycles. The number of nitrogens with two attached hydrogens (primary N) is 1. The highest BCUT2D eigenvalue weighted by atomic mass is 16.5. The van der Waals surface area contributed by atoms with E-state index in [1.165, 1.54) is 6.20 Å². The minimum atomic E-state index is -0.183. The molecule has 1 heterocycles. The van der Waals surface area contributed by atoms with Crippen LogP contribution in [0.4, 0.5) is 5.69 Å². The molecule has 0 radical (unpaired) electrons. The maximum absolute atomic E-state index is 11.9. The van der Waals surface area contributed by atoms with Crippen LogP contribution in [-0.4, -0.2) is 22.8 Å². The first kappa shape index (κ1) is 12.9. The van der Waals surface area contributed by atoms with E-state index in [9.17, 15) is 4.79 Å². The lowest BCUT2D eigenvalue weighted by atomic mass is 10.1. The molecule has 0 atom stereocenters. The van der Waals surface area contributed by atoms with Gasteiger partial charge in [0.25, 0.3) is 5.91 Å². The molecule has 0 fully saturated rings. The van der Waals surface area contributed by atoms with Gasteiger partial charge in [-0.05, 0) is 18.2 Å². The second kappa shape index (κ2) is 5.43. The summed E-state index contributed by atoms with van der Waals surface area (Å²) in [5.74, 6) is 0.512. The molecule has 0 saturated heterocycles. The number of anilines is 1. The van der Waals surface area contributed by atoms with E-state index >= 15 is 0 Å². The Balaban J connectivity index is 2.06. The second-order valence-electron chi connectivity index (χ2n) is 4.16. The van der Waals surface area contributed by atoms with Crippen LogP contribution >= 0.6 is 0 Å². The number of aromatic nitrogens is 2. The highest BCUT2D eigenvalue weighted by Crippen LogP contribution is 2.20. The van der Waals surface area contributed by atoms with Crippen LogP contribution in [0.15, 0.2) is 30.6 Å². The summed E-state index contributed by atoms with van der Waals surface area (Å²) in [5, 5.41) is 6.75. The minimum Gasteiger partial charge on any atom is -0.496 e. The molecular weight excluding hydrogens is 244 g/mol. The van der Waals surface area contributed by atoms with Gasteiger partial charge in [-0.2, -0.15) is 5.10 Å². The van der Waals surface area contributed by atoms with E-state index in [4.69, 9.17) is 10.5 Å². The van der Waals surface area contributed by atoms with Crippen molar-refractivity contribution >= 4 is 11.6 Å². The third-order valence-electron chi connectivity index (χ3n) is 2.71. The quantitative estimate of drug-likeness (QED) is 0.801. The van der Waals surface area contributed by atoms with Gasteiger partial charge < -0.3 is 15.8 Å². The Kier molecular flexibility index (Phi) is 3.70. The Hall–Kier alpha value is -2.50. The molecule has 0 unspecified atom stereocenters. The van der Waals surface area contributed by atoms with Gasteiger partial charge in [0.05, 0.1) is 18.9 Å². The van der Waals surface area contributed by atoms with Gasteiger partial charge >= 0.3 is 0 Å². The fourth-order valence-electron chi connectivity index (χ4n) is 1.75. The number of carbonyl (C=O) groups is 1. The van der Waals surface area contributed by atoms with E-state index in [1.807, 2.05) is 0 Å². The van der Waals surface area contributed by atoms with Crippen LogP contribution in [0, 0.1) is 0 Å². The maximum atomic E-state index is 11.9. The predicted octanol–water partition coefficient (Wildman–Crippen LogP) is 0.941. The average Bonchev–Trinajstić information content (AvgIpc) is 2.83. The van der Waals surface area contributed by atoms with E-state index in [-0.39, 0.29) is 5.91 Å². The molecule has 2 rings (SSSR count). The number of hydrogen-bond acceptors (Lipinski definition) is 4. The fraction of sp³-hybridized carbons (Fsp3) is 0.231. The molecule has 19 heavy (non-hydrogen) atoms. The first-order chi connectivity index (χ1) is 9.10. The van der Waals surface area contributed by atoms with Crippen molar-refractivity contribution < 1.29 is 9.53 Å². The highest BCUT2D eigenvalue weighted by molar-refractivity contribution is 5.93. The lowest BCUT2D eigenvalue weighted by Gasteiger charge is -2.10. The van der Waals surface area contributed by atoms with Crippen LogP contribution in [-0.2, 0) is 13.6 Å². The Morgan fingerprint density at radius 2 is 2.32 bits per heavy atom. The van der Waals surface area contributed by atoms with E-state index < -0.39 is 0 Å². The SMILES string of the molecule is COc1ccc(N)cc1CNC(=O)c1cnn(C)c1. The summed E-state index contributed by atoms with van der Waals surface area (Å²) < 4.78 is 6.80. The third-order valence-corrected chi connectivity index (χ3v) is 2.71. The zero-order chi connectivity index (χ0) is 13.8. The maximum Gasteiger partial charge on any atom is 0.254 e. The zero-order valence-electron chi connectivity index (χ0n) is 10.9. The number of benzene rings is 1. The molecule has 1 aromatic carbocycles. The van der Waals surface area contributed by atoms with Gasteiger partial charge in [-0.25, -0.2) is 0 Å². The molecule has 100 valence electrons. The van der Waals surface area contributed by atoms with Gasteiger partial charge in [-0.1, -0.05) is 0 Å². The van der Waals surface area contributed by atoms with Gasteiger partial charge in [0.2, 0.25) is 0 Å². The van der Waals surface area contributed by atoms with Crippen molar-refractivity contribution in [1.29, 1.82) is 0 Å². The van der Waals surface area contributed by atoms with E-state index in [0.29, 0.717) is 23.5 Å². The van der Waals surface area contributed by atoms with E-state index in [2.05, 4.69) is 10.4 Å². The van der Waals surface area contributed by atoms with Gasteiger partial charge in [-0.15, -0.1) is 0 Å². The second-order valence-corrected chi connectivity index (χ2v) is 4.16. The van der Waals surface area contributed by atoms with Crippen molar-refractivity contribution in [3.63, 3.8) is 0 Å². The number of nitrogen functional groups attached to an aromatic ring is 1. The highest BCUT2D eigenvalue weighted by Gasteiger charge is 2.09. The van der Waals surface area contributed by atoms with Crippen LogP contribution in [0.5, 0.6) is 5.75 Å². The number of carbonyl (C=O) groups excluding carboxylic acids is 1. The molecule has 0 aliphatic rings. The molecule has 0 aliphatic heterocycles. The zero-order valence-corrected chi connectivity index (χ0v) is 10.9. The molecular formula is C13H16N4O2. The molecule has 6 heteroatoms. The summed E-state index contributed by atoms with van der Waals surface area (Å²) in [5.41, 5.74) is 7.70. The Bertz CT molecular complexity index is 592. The number of amides is 1. The van der Waals surface area contributed by atoms with E-state index in [1.54, 1.807) is 43.2 Å². The molecule has 6 nitrogen and oxygen atoms in total. The van der Waals surface area contributed by atoms with Gasteiger partial charge in [-0.3, -0.25) is 9.48 Å². The largest absolute Gasteiger partial charge is 0.496 e. The van der Waals surface area contributed by atoms with Gasteiger partial charge in [0, 0.05) is 31.0 Å². The summed E-state index contributed by atoms with van der Waals surface area (Å²) >= 11 is 0. The smallest absolute Gasteiger partial charge is 0.254 e. The number of ether oxygens (including phenoxy) is 1. The lowest BCUT2D eigenvalue weighted by molar-refractivity contribution is 0.0950. The first-order valence-electron chi connectivity index (χ1n) is 5.79. The minimum absolute atomic E-state index is 0.183. The Morgan fingerprint density at radius 1 is 1.53 bits per heavy atom. The molecule has 2 aromatic rings. The van der Waals surface area contributed by atoms with Crippen molar-refractivity contribution in [2.45, 2.75) is 6.54 Å². The van der Waals surface area contributed by atoms with Crippen LogP contribution < -0.4 is 15.8 Å². The van der Waals surface area contributed by atoms with Gasteiger partial charge in [0.15, 0.2) is 0 Å². The van der Waals surface area contributed by atoms with E-state index in [0.717, 1.165) is 5.56 Å². The number of nitrogens with zero attached hydrogens (tertiary/aromatic N) is 2. The lowest BCUT2D eigenvalue weighted by Crippen LogP contribution is -2.22. The van der Waals surface area contributed by atoms with Crippen molar-refractivity contribution in [1.82, 2.24) is 15.1 Å². The average molecular weight is 260 g/mol. The molecule has 3 N–H and O–H groups in total. The standard InChI is InChI=1S/C13H16N4O2/c1-17-8-10(7-16-17)13(18)15-6-9-5-11(14)3-4-12(9)19-2/h3-5,7-8H,6,14H2,1-2H3,(H,15,18). The molecule has 1 amide bonds.